The number of esters is 1. The summed E-state index contributed by atoms with van der Waals surface area (Å²) in [5.41, 5.74) is 0. The van der Waals surface area contributed by atoms with Crippen LogP contribution in [0.1, 0.15) is 149 Å². The number of carbonyl (C=O) groups is 3. The fourth-order valence-electron chi connectivity index (χ4n) is 4.85. The second-order valence-electron chi connectivity index (χ2n) is 12.1. The van der Waals surface area contributed by atoms with Crippen molar-refractivity contribution in [2.24, 2.45) is 0 Å². The lowest BCUT2D eigenvalue weighted by atomic mass is 10.1. The van der Waals surface area contributed by atoms with Crippen LogP contribution >= 0.6 is 0 Å². The molecule has 0 rings (SSSR count). The molecule has 0 spiro atoms. The van der Waals surface area contributed by atoms with Gasteiger partial charge in [0.25, 0.3) is 0 Å². The number of ether oxygens (including phenoxy) is 1. The number of carboxylic acids is 1. The van der Waals surface area contributed by atoms with Crippen molar-refractivity contribution in [1.82, 2.24) is 5.32 Å². The van der Waals surface area contributed by atoms with Gasteiger partial charge >= 0.3 is 11.9 Å². The van der Waals surface area contributed by atoms with E-state index in [0.717, 1.165) is 96.3 Å². The smallest absolute Gasteiger partial charge is 0.322 e. The van der Waals surface area contributed by atoms with Gasteiger partial charge in [-0.2, -0.15) is 0 Å². The summed E-state index contributed by atoms with van der Waals surface area (Å²) < 4.78 is 5.85. The van der Waals surface area contributed by atoms with Gasteiger partial charge in [-0.1, -0.05) is 131 Å². The molecule has 0 radical (unpaired) electrons. The van der Waals surface area contributed by atoms with Gasteiger partial charge in [0.15, 0.2) is 0 Å². The maximum absolute atomic E-state index is 12.6. The van der Waals surface area contributed by atoms with Gasteiger partial charge in [-0.05, 0) is 89.5 Å². The Morgan fingerprint density at radius 1 is 0.562 bits per heavy atom. The van der Waals surface area contributed by atoms with E-state index in [1.54, 1.807) is 0 Å². The fourth-order valence-corrected chi connectivity index (χ4v) is 4.85. The molecule has 0 saturated heterocycles. The third-order valence-electron chi connectivity index (χ3n) is 7.55. The molecule has 0 aliphatic carbocycles. The number of hydrogen-bond donors (Lipinski definition) is 2. The van der Waals surface area contributed by atoms with Gasteiger partial charge in [-0.15, -0.1) is 0 Å². The molecule has 48 heavy (non-hydrogen) atoms. The molecule has 6 nitrogen and oxygen atoms in total. The predicted molar refractivity (Wildman–Crippen MR) is 203 cm³/mol. The Morgan fingerprint density at radius 2 is 1.02 bits per heavy atom. The maximum atomic E-state index is 12.6. The molecule has 0 aromatic rings. The molecule has 1 amide bonds. The van der Waals surface area contributed by atoms with E-state index in [-0.39, 0.29) is 24.5 Å². The standard InChI is InChI=1S/C42H67NO5/c1-3-5-7-9-11-13-14-15-16-17-18-19-20-21-22-23-25-27-33-37-42(47)48-39(34-30-26-24-12-10-8-6-4-2)35-31-28-29-32-36-40(44)43-38-41(45)46/h5-8,11-13,15-16,18-19,24,30,34,39H,3-4,9-10,14,17,20-23,25-29,31-33,35-38H2,1-2H3,(H,43,44)(H,45,46)/b7-5-,8-6-,13-11-,16-15-,19-18-,24-12-,34-30-. The Bertz CT molecular complexity index is 1000. The van der Waals surface area contributed by atoms with Gasteiger partial charge in [-0.25, -0.2) is 0 Å². The Hall–Kier alpha value is -3.41. The van der Waals surface area contributed by atoms with Crippen molar-refractivity contribution in [3.05, 3.63) is 85.1 Å². The Labute approximate surface area is 293 Å². The molecule has 0 saturated carbocycles. The number of allylic oxidation sites excluding steroid dienone is 13. The quantitative estimate of drug-likeness (QED) is 0.0424. The van der Waals surface area contributed by atoms with Crippen LogP contribution in [0.2, 0.25) is 0 Å². The largest absolute Gasteiger partial charge is 0.480 e. The molecule has 0 aliphatic rings. The summed E-state index contributed by atoms with van der Waals surface area (Å²) in [4.78, 5) is 34.8. The summed E-state index contributed by atoms with van der Waals surface area (Å²) >= 11 is 0. The van der Waals surface area contributed by atoms with Crippen LogP contribution < -0.4 is 5.32 Å². The van der Waals surface area contributed by atoms with Crippen LogP contribution in [0.5, 0.6) is 0 Å². The second kappa shape index (κ2) is 36.4. The number of nitrogens with one attached hydrogen (secondary N) is 1. The van der Waals surface area contributed by atoms with E-state index < -0.39 is 5.97 Å². The first kappa shape index (κ1) is 44.6. The van der Waals surface area contributed by atoms with Crippen LogP contribution in [-0.4, -0.2) is 35.6 Å². The topological polar surface area (TPSA) is 92.7 Å². The van der Waals surface area contributed by atoms with Gasteiger partial charge < -0.3 is 15.2 Å². The van der Waals surface area contributed by atoms with Crippen molar-refractivity contribution in [3.63, 3.8) is 0 Å². The monoisotopic (exact) mass is 666 g/mol. The third kappa shape index (κ3) is 35.4. The van der Waals surface area contributed by atoms with E-state index in [1.807, 2.05) is 6.08 Å². The summed E-state index contributed by atoms with van der Waals surface area (Å²) in [5.74, 6) is -1.39. The normalized spacial score (nSPS) is 13.0. The zero-order chi connectivity index (χ0) is 35.2. The van der Waals surface area contributed by atoms with E-state index in [4.69, 9.17) is 9.84 Å². The molecule has 0 aromatic heterocycles. The minimum absolute atomic E-state index is 0.126. The van der Waals surface area contributed by atoms with Crippen LogP contribution in [0.4, 0.5) is 0 Å². The lowest BCUT2D eigenvalue weighted by Crippen LogP contribution is -2.28. The average molecular weight is 666 g/mol. The minimum atomic E-state index is -1.04. The molecule has 1 unspecified atom stereocenters. The summed E-state index contributed by atoms with van der Waals surface area (Å²) in [6.07, 6.45) is 50.1. The van der Waals surface area contributed by atoms with Crippen molar-refractivity contribution < 1.29 is 24.2 Å². The van der Waals surface area contributed by atoms with Crippen LogP contribution in [0, 0.1) is 0 Å². The predicted octanol–water partition coefficient (Wildman–Crippen LogP) is 11.2. The van der Waals surface area contributed by atoms with Gasteiger partial charge in [-0.3, -0.25) is 14.4 Å². The van der Waals surface area contributed by atoms with E-state index in [2.05, 4.69) is 98.2 Å². The molecule has 0 heterocycles. The van der Waals surface area contributed by atoms with Crippen LogP contribution in [-0.2, 0) is 19.1 Å². The van der Waals surface area contributed by atoms with Gasteiger partial charge in [0, 0.05) is 12.8 Å². The van der Waals surface area contributed by atoms with E-state index in [9.17, 15) is 14.4 Å². The average Bonchev–Trinajstić information content (AvgIpc) is 3.07. The minimum Gasteiger partial charge on any atom is -0.480 e. The van der Waals surface area contributed by atoms with Crippen LogP contribution in [0.15, 0.2) is 85.1 Å². The number of unbranched alkanes of at least 4 members (excludes halogenated alkanes) is 9. The molecule has 0 aromatic carbocycles. The Balaban J connectivity index is 4.19. The Morgan fingerprint density at radius 3 is 1.58 bits per heavy atom. The van der Waals surface area contributed by atoms with Crippen molar-refractivity contribution in [2.45, 2.75) is 155 Å². The molecule has 0 fully saturated rings. The van der Waals surface area contributed by atoms with Crippen LogP contribution in [0.25, 0.3) is 0 Å². The summed E-state index contributed by atoms with van der Waals surface area (Å²) in [7, 11) is 0. The van der Waals surface area contributed by atoms with Gasteiger partial charge in [0.05, 0.1) is 0 Å². The Kier molecular flexibility index (Phi) is 33.8. The lowest BCUT2D eigenvalue weighted by molar-refractivity contribution is -0.147. The molecule has 0 bridgehead atoms. The zero-order valence-corrected chi connectivity index (χ0v) is 30.3. The lowest BCUT2D eigenvalue weighted by Gasteiger charge is -2.14. The summed E-state index contributed by atoms with van der Waals surface area (Å²) in [6.45, 7) is 3.94. The first-order valence-electron chi connectivity index (χ1n) is 18.7. The first-order valence-corrected chi connectivity index (χ1v) is 18.7. The van der Waals surface area contributed by atoms with Crippen molar-refractivity contribution in [2.75, 3.05) is 6.54 Å². The van der Waals surface area contributed by atoms with Crippen molar-refractivity contribution in [1.29, 1.82) is 0 Å². The molecular weight excluding hydrogens is 598 g/mol. The third-order valence-corrected chi connectivity index (χ3v) is 7.55. The van der Waals surface area contributed by atoms with Crippen molar-refractivity contribution in [3.8, 4) is 0 Å². The van der Waals surface area contributed by atoms with Gasteiger partial charge in [0.1, 0.15) is 12.6 Å². The molecule has 6 heteroatoms. The van der Waals surface area contributed by atoms with Gasteiger partial charge in [0.2, 0.25) is 5.91 Å². The first-order chi connectivity index (χ1) is 23.5. The molecule has 270 valence electrons. The molecule has 0 aliphatic heterocycles. The van der Waals surface area contributed by atoms with E-state index in [1.165, 1.54) is 19.3 Å². The molecule has 1 atom stereocenters. The highest BCUT2D eigenvalue weighted by molar-refractivity contribution is 5.80. The number of carbonyl (C=O) groups excluding carboxylic acids is 2. The molecular formula is C42H67NO5. The van der Waals surface area contributed by atoms with E-state index in [0.29, 0.717) is 19.3 Å². The number of amides is 1. The fraction of sp³-hybridized carbons (Fsp3) is 0.595. The highest BCUT2D eigenvalue weighted by Gasteiger charge is 2.11. The number of aliphatic carboxylic acids is 1. The highest BCUT2D eigenvalue weighted by atomic mass is 16.5. The van der Waals surface area contributed by atoms with E-state index >= 15 is 0 Å². The highest BCUT2D eigenvalue weighted by Crippen LogP contribution is 2.14. The van der Waals surface area contributed by atoms with Crippen LogP contribution in [0.3, 0.4) is 0 Å². The SMILES string of the molecule is CC/C=C\C/C=C\C/C=C\C/C=C\CCCCCCCCC(=O)OC(/C=C\C/C=C\C/C=C\CC)CCCCCCC(=O)NCC(=O)O. The zero-order valence-electron chi connectivity index (χ0n) is 30.3. The number of carboxylic acid groups (broad SMARTS) is 1. The summed E-state index contributed by atoms with van der Waals surface area (Å²) in [5, 5.41) is 11.0. The summed E-state index contributed by atoms with van der Waals surface area (Å²) in [6, 6.07) is 0. The second-order valence-corrected chi connectivity index (χ2v) is 12.1. The molecule has 2 N–H and O–H groups in total. The maximum Gasteiger partial charge on any atom is 0.322 e. The number of hydrogen-bond acceptors (Lipinski definition) is 4. The van der Waals surface area contributed by atoms with Crippen molar-refractivity contribution >= 4 is 17.8 Å². The number of rotatable bonds is 32.